The molecule has 0 bridgehead atoms. The number of cyclic esters (lactones) is 6. The van der Waals surface area contributed by atoms with Gasteiger partial charge in [0.05, 0.1) is 69.1 Å². The van der Waals surface area contributed by atoms with Crippen LogP contribution in [0, 0.1) is 0 Å². The number of carbonyl (C=O) groups is 6. The molecule has 6 saturated heterocycles. The molecule has 30 nitrogen and oxygen atoms in total. The van der Waals surface area contributed by atoms with Crippen LogP contribution in [-0.2, 0) is 105 Å². The number of aromatic nitrogens is 6. The highest BCUT2D eigenvalue weighted by atomic mass is 16.6. The largest absolute Gasteiger partial charge is 0.447 e. The Morgan fingerprint density at radius 2 is 0.500 bits per heavy atom. The van der Waals surface area contributed by atoms with Gasteiger partial charge < -0.3 is 120 Å². The summed E-state index contributed by atoms with van der Waals surface area (Å²) in [7, 11) is 8.61. The number of benzene rings is 6. The number of nitrogens with one attached hydrogen (secondary N) is 12. The van der Waals surface area contributed by atoms with Crippen molar-refractivity contribution in [1.82, 2.24) is 91.2 Å². The highest BCUT2D eigenvalue weighted by Gasteiger charge is 2.29. The molecule has 30 heteroatoms. The number of amides is 6. The van der Waals surface area contributed by atoms with Crippen LogP contribution in [0.4, 0.5) is 28.8 Å². The Labute approximate surface area is 829 Å². The molecule has 18 rings (SSSR count). The number of rotatable bonds is 30. The van der Waals surface area contributed by atoms with E-state index in [1.54, 1.807) is 19.0 Å². The molecule has 0 radical (unpaired) electrons. The van der Waals surface area contributed by atoms with Crippen LogP contribution in [0.25, 0.3) is 65.4 Å². The van der Waals surface area contributed by atoms with E-state index in [1.165, 1.54) is 26.0 Å². The van der Waals surface area contributed by atoms with Crippen LogP contribution >= 0.6 is 0 Å². The number of hydrogen-bond acceptors (Lipinski definition) is 18. The SMILES string of the molecule is [2H]c1[nH]c2c([2H])c([2H])c(C([2H])([2H])[C@H]3COC(=O)N3)c([2H])c2c1C([2H])([2H])CN(C([2H])([2H])[2H])C([2H])([2H])[2H].[2H]c1[nH]c2c([2H])c([2H])c(C([2H])([2H])[C@H]3COC(=O)N3)c([2H])c2c1C([2H])([2H])CN(C)C.[2H]c1[nH]c2c([2H])c([2H])c(C([2H])([2H])[C@H]3COC(=O)N3)c([2H])c2c1C([2H])([2H])CN(C)C([2H])([2H])[2H].[2H]c1[nH]c2c([2H])c([2H])c(C([2H])([2H])[C@H]3COC(=O)N3)c([2H])c2c1CC([2H])([2H])N(C([2H])([2H])[2H])C([2H])([2H])[2H].[2H]c1[nH]c2c([2H])c([2H])c(C([2H])([2H])[C@H]3COC(=O)N3)c([2H])c2c1CC([2H])([2H])N(C)C.[2H]c1[nH]c2c([2H])c([2H])c(C([2H])([2H])[C@H]3COC(=O)N3)c([2H])c2c1CC([2H])([2H])N(C)C([2H])([2H])[2H]. The van der Waals surface area contributed by atoms with E-state index in [0.717, 1.165) is 11.9 Å². The molecule has 12 heterocycles. The van der Waals surface area contributed by atoms with Crippen LogP contribution < -0.4 is 31.9 Å². The van der Waals surface area contributed by atoms with Crippen molar-refractivity contribution in [3.63, 3.8) is 0 Å². The smallest absolute Gasteiger partial charge is 0.407 e. The summed E-state index contributed by atoms with van der Waals surface area (Å²) in [5.74, 6) is 0. The van der Waals surface area contributed by atoms with E-state index in [9.17, 15) is 28.8 Å². The number of aryl methyl sites for hydroxylation is 3. The lowest BCUT2D eigenvalue weighted by Crippen LogP contribution is -2.28. The van der Waals surface area contributed by atoms with Crippen molar-refractivity contribution in [3.8, 4) is 0 Å². The molecule has 0 spiro atoms. The number of fused-ring (bicyclic) bond motifs is 6. The summed E-state index contributed by atoms with van der Waals surface area (Å²) in [5, 5.41) is 12.3. The zero-order valence-electron chi connectivity index (χ0n) is 134. The molecule has 6 amide bonds. The van der Waals surface area contributed by atoms with Crippen LogP contribution in [0.5, 0.6) is 0 Å². The van der Waals surface area contributed by atoms with E-state index in [-0.39, 0.29) is 150 Å². The van der Waals surface area contributed by atoms with Crippen LogP contribution in [0.1, 0.15) is 157 Å². The lowest BCUT2D eigenvalue weighted by molar-refractivity contribution is 0.176. The van der Waals surface area contributed by atoms with Gasteiger partial charge in [0.2, 0.25) is 0 Å². The van der Waals surface area contributed by atoms with Gasteiger partial charge >= 0.3 is 36.6 Å². The van der Waals surface area contributed by atoms with Gasteiger partial charge in [-0.1, -0.05) is 36.3 Å². The quantitative estimate of drug-likeness (QED) is 0.0186. The Hall–Kier alpha value is -12.1. The van der Waals surface area contributed by atoms with Crippen molar-refractivity contribution in [2.75, 3.05) is 163 Å². The third-order valence-corrected chi connectivity index (χ3v) is 17.4. The summed E-state index contributed by atoms with van der Waals surface area (Å²) in [6.45, 7) is -30.3. The number of aromatic amines is 6. The third kappa shape index (κ3) is 26.5. The first-order chi connectivity index (χ1) is 87.0. The summed E-state index contributed by atoms with van der Waals surface area (Å²) < 4.78 is 564. The Balaban J connectivity index is 0.000000186. The molecule has 0 unspecified atom stereocenters. The van der Waals surface area contributed by atoms with Crippen LogP contribution in [0.15, 0.2) is 146 Å². The molecule has 126 heavy (non-hydrogen) atoms. The van der Waals surface area contributed by atoms with Crippen LogP contribution in [0.2, 0.25) is 0 Å². The minimum Gasteiger partial charge on any atom is -0.447 e. The lowest BCUT2D eigenvalue weighted by Gasteiger charge is -2.09. The van der Waals surface area contributed by atoms with Crippen LogP contribution in [0.3, 0.4) is 0 Å². The van der Waals surface area contributed by atoms with Crippen molar-refractivity contribution < 1.29 is 148 Å². The van der Waals surface area contributed by atoms with Crippen molar-refractivity contribution >= 4 is 102 Å². The van der Waals surface area contributed by atoms with E-state index in [2.05, 4.69) is 61.8 Å². The first kappa shape index (κ1) is 39.4. The molecule has 6 atom stereocenters. The standard InChI is InChI=1S/6C16H21N3O2/c6*1-19(2)6-5-12-9-17-15-4-3-11(8-14(12)15)7-13-10-21-16(20)18-13/h6*3-4,8-9,13,17H,5-7,10H2,1-2H3,(H,18,20)/t6*13-/m000000/s1/i1D3,2D3,3D,4D,6D2,7D2,8D,9D;1D3,2D3,3D,4D,5D2,7D2,8D,9D;1D3,3D,4D,6D2,7D2,8D,9D;1D3,3D,4D,5D2,7D2,8D,9D;3D,4D,6D2,7D2,8D,9D;3D,4D,5D2,7D2,8D,9D. The van der Waals surface area contributed by atoms with Gasteiger partial charge in [0.25, 0.3) is 0 Å². The maximum Gasteiger partial charge on any atom is 0.407 e. The Morgan fingerprint density at radius 3 is 0.722 bits per heavy atom. The fourth-order valence-electron chi connectivity index (χ4n) is 11.6. The van der Waals surface area contributed by atoms with Gasteiger partial charge in [-0.05, 0) is 300 Å². The maximum absolute atomic E-state index is 11.4. The molecule has 672 valence electrons. The minimum absolute atomic E-state index is 0.0146. The van der Waals surface area contributed by atoms with Gasteiger partial charge in [-0.2, -0.15) is 0 Å². The molecule has 0 aliphatic carbocycles. The second kappa shape index (κ2) is 43.7. The summed E-state index contributed by atoms with van der Waals surface area (Å²) >= 11 is 0. The van der Waals surface area contributed by atoms with Gasteiger partial charge in [0.15, 0.2) is 0 Å². The molecule has 0 saturated carbocycles. The van der Waals surface area contributed by atoms with E-state index >= 15 is 0 Å². The number of alkyl carbamates (subject to hydrolysis) is 6. The molecular formula is C96H126N18O12. The molecule has 6 aliphatic rings. The van der Waals surface area contributed by atoms with Gasteiger partial charge in [-0.25, -0.2) is 28.8 Å². The van der Waals surface area contributed by atoms with E-state index < -0.39 is 408 Å². The third-order valence-electron chi connectivity index (χ3n) is 17.4. The zero-order chi connectivity index (χ0) is 146. The first-order valence-corrected chi connectivity index (χ1v) is 37.7. The van der Waals surface area contributed by atoms with Crippen molar-refractivity contribution in [2.45, 2.75) is 113 Å². The number of likely N-dealkylation sites (N-methyl/N-ethyl adjacent to an activating group) is 6. The Kier molecular flexibility index (Phi) is 13.7. The Morgan fingerprint density at radius 1 is 0.286 bits per heavy atom. The first-order valence-electron chi connectivity index (χ1n) is 70.7. The average molecular weight is 1790 g/mol. The summed E-state index contributed by atoms with van der Waals surface area (Å²) in [6.07, 6.45) is -32.3. The number of hydrogen-bond donors (Lipinski definition) is 12. The molecule has 12 N–H and O–H groups in total. The lowest BCUT2D eigenvalue weighted by atomic mass is 10.0. The molecule has 12 aromatic rings. The second-order valence-electron chi connectivity index (χ2n) is 27.7. The summed E-state index contributed by atoms with van der Waals surface area (Å²) in [4.78, 5) is 87.2. The maximum atomic E-state index is 11.4. The summed E-state index contributed by atoms with van der Waals surface area (Å²) in [5.41, 5.74) is -5.83. The van der Waals surface area contributed by atoms with E-state index in [0.29, 0.717) is 4.90 Å². The predicted octanol–water partition coefficient (Wildman–Crippen LogP) is 11.5. The van der Waals surface area contributed by atoms with E-state index in [4.69, 9.17) is 119 Å². The molecule has 6 aliphatic heterocycles. The minimum atomic E-state index is -3.40. The normalized spacial score (nSPS) is 27.8. The molecule has 6 aromatic heterocycles. The van der Waals surface area contributed by atoms with E-state index in [1.807, 2.05) is 0 Å². The number of H-pyrrole nitrogens is 6. The second-order valence-corrected chi connectivity index (χ2v) is 27.7. The molecule has 6 aromatic carbocycles. The average Bonchev–Trinajstić information content (AvgIpc) is 1.51. The molecule has 6 fully saturated rings. The number of ether oxygens (including phenoxy) is 6. The monoisotopic (exact) mass is 1790 g/mol. The van der Waals surface area contributed by atoms with Gasteiger partial charge in [0.1, 0.15) is 39.6 Å². The fourth-order valence-corrected chi connectivity index (χ4v) is 11.6. The van der Waals surface area contributed by atoms with Gasteiger partial charge in [0, 0.05) is 199 Å². The highest BCUT2D eigenvalue weighted by molar-refractivity contribution is 5.88. The summed E-state index contributed by atoms with van der Waals surface area (Å²) in [6, 6.07) is -18.0. The highest BCUT2D eigenvalue weighted by Crippen LogP contribution is 2.29. The number of nitrogens with zero attached hydrogens (tertiary/aromatic N) is 6. The topological polar surface area (TPSA) is 344 Å². The van der Waals surface area contributed by atoms with Crippen molar-refractivity contribution in [3.05, 3.63) is 213 Å². The zero-order valence-corrected chi connectivity index (χ0v) is 67.5. The Bertz CT molecular complexity index is 9080. The fraction of sp³-hybridized carbons (Fsp3) is 0.438. The molecular weight excluding hydrogens is 1600 g/mol. The van der Waals surface area contributed by atoms with Crippen molar-refractivity contribution in [1.29, 1.82) is 0 Å². The van der Waals surface area contributed by atoms with Crippen molar-refractivity contribution in [2.24, 2.45) is 0 Å². The van der Waals surface area contributed by atoms with Gasteiger partial charge in [-0.3, -0.25) is 0 Å². The van der Waals surface area contributed by atoms with Crippen LogP contribution in [-0.4, -0.2) is 295 Å². The predicted molar refractivity (Wildman–Crippen MR) is 495 cm³/mol. The number of carbonyl (C=O) groups excluding carboxylic acids is 6. The van der Waals surface area contributed by atoms with Gasteiger partial charge in [-0.15, -0.1) is 0 Å².